The van der Waals surface area contributed by atoms with Crippen LogP contribution in [0.15, 0.2) is 48.5 Å². The van der Waals surface area contributed by atoms with Crippen LogP contribution in [0.2, 0.25) is 0 Å². The van der Waals surface area contributed by atoms with E-state index in [0.717, 1.165) is 35.0 Å². The van der Waals surface area contributed by atoms with E-state index in [9.17, 15) is 4.79 Å². The highest BCUT2D eigenvalue weighted by atomic mass is 16.5. The number of aromatic nitrogens is 1. The van der Waals surface area contributed by atoms with Crippen molar-refractivity contribution in [1.82, 2.24) is 10.3 Å². The maximum Gasteiger partial charge on any atom is 0.252 e. The third-order valence-corrected chi connectivity index (χ3v) is 6.46. The molecule has 2 aromatic carbocycles. The highest BCUT2D eigenvalue weighted by Gasteiger charge is 2.15. The van der Waals surface area contributed by atoms with Crippen molar-refractivity contribution in [2.75, 3.05) is 20.8 Å². The Hall–Kier alpha value is -3.08. The number of nitrogens with one attached hydrogen (secondary N) is 1. The summed E-state index contributed by atoms with van der Waals surface area (Å²) in [6.45, 7) is 2.95. The van der Waals surface area contributed by atoms with Gasteiger partial charge in [-0.2, -0.15) is 0 Å². The number of unbranched alkanes of at least 4 members (excludes halogenated alkanes) is 9. The van der Waals surface area contributed by atoms with Crippen LogP contribution in [-0.2, 0) is 0 Å². The molecule has 0 aliphatic heterocycles. The van der Waals surface area contributed by atoms with Gasteiger partial charge in [0.25, 0.3) is 5.91 Å². The van der Waals surface area contributed by atoms with Crippen LogP contribution >= 0.6 is 0 Å². The topological polar surface area (TPSA) is 60.5 Å². The zero-order chi connectivity index (χ0) is 24.9. The molecule has 0 spiro atoms. The quantitative estimate of drug-likeness (QED) is 0.230. The van der Waals surface area contributed by atoms with E-state index in [1.54, 1.807) is 14.2 Å². The van der Waals surface area contributed by atoms with E-state index in [4.69, 9.17) is 14.5 Å². The lowest BCUT2D eigenvalue weighted by Crippen LogP contribution is -2.24. The first-order chi connectivity index (χ1) is 17.2. The predicted molar refractivity (Wildman–Crippen MR) is 144 cm³/mol. The van der Waals surface area contributed by atoms with Crippen LogP contribution in [-0.4, -0.2) is 31.7 Å². The Morgan fingerprint density at radius 2 is 1.46 bits per heavy atom. The monoisotopic (exact) mass is 476 g/mol. The highest BCUT2D eigenvalue weighted by Crippen LogP contribution is 2.33. The molecule has 0 aliphatic rings. The van der Waals surface area contributed by atoms with Crippen LogP contribution in [0.5, 0.6) is 11.5 Å². The Labute approximate surface area is 210 Å². The Morgan fingerprint density at radius 3 is 2.14 bits per heavy atom. The highest BCUT2D eigenvalue weighted by molar-refractivity contribution is 6.07. The lowest BCUT2D eigenvalue weighted by Gasteiger charge is -2.12. The Bertz CT molecular complexity index is 1080. The van der Waals surface area contributed by atoms with Crippen molar-refractivity contribution in [1.29, 1.82) is 0 Å². The average Bonchev–Trinajstić information content (AvgIpc) is 2.90. The van der Waals surface area contributed by atoms with E-state index >= 15 is 0 Å². The molecule has 0 atom stereocenters. The first-order valence-electron chi connectivity index (χ1n) is 13.1. The molecule has 1 N–H and O–H groups in total. The van der Waals surface area contributed by atoms with Gasteiger partial charge in [0.05, 0.1) is 31.0 Å². The second-order valence-corrected chi connectivity index (χ2v) is 9.08. The smallest absolute Gasteiger partial charge is 0.252 e. The molecule has 0 fully saturated rings. The summed E-state index contributed by atoms with van der Waals surface area (Å²) in [6, 6.07) is 15.3. The van der Waals surface area contributed by atoms with E-state index < -0.39 is 0 Å². The number of fused-ring (bicyclic) bond motifs is 1. The standard InChI is InChI=1S/C30H40N2O3/c1-4-5-6-7-8-9-10-11-12-15-20-31-30(33)25-22-27(32-26-17-14-13-16-24(25)26)23-18-19-28(34-2)29(21-23)35-3/h13-14,16-19,21-22H,4-12,15,20H2,1-3H3,(H,31,33). The summed E-state index contributed by atoms with van der Waals surface area (Å²) in [4.78, 5) is 17.9. The fourth-order valence-corrected chi connectivity index (χ4v) is 4.42. The van der Waals surface area contributed by atoms with Gasteiger partial charge in [-0.25, -0.2) is 4.98 Å². The van der Waals surface area contributed by atoms with Gasteiger partial charge in [0.15, 0.2) is 11.5 Å². The fourth-order valence-electron chi connectivity index (χ4n) is 4.42. The van der Waals surface area contributed by atoms with E-state index in [1.807, 2.05) is 48.5 Å². The van der Waals surface area contributed by atoms with Crippen molar-refractivity contribution in [3.05, 3.63) is 54.1 Å². The third-order valence-electron chi connectivity index (χ3n) is 6.46. The molecule has 188 valence electrons. The summed E-state index contributed by atoms with van der Waals surface area (Å²) in [6.07, 6.45) is 12.8. The fraction of sp³-hybridized carbons (Fsp3) is 0.467. The number of carbonyl (C=O) groups excluding carboxylic acids is 1. The first-order valence-corrected chi connectivity index (χ1v) is 13.1. The van der Waals surface area contributed by atoms with Gasteiger partial charge in [-0.05, 0) is 36.8 Å². The van der Waals surface area contributed by atoms with Crippen molar-refractivity contribution < 1.29 is 14.3 Å². The number of rotatable bonds is 15. The van der Waals surface area contributed by atoms with Crippen molar-refractivity contribution in [2.45, 2.75) is 71.1 Å². The number of benzene rings is 2. The molecule has 1 heterocycles. The van der Waals surface area contributed by atoms with Crippen molar-refractivity contribution >= 4 is 16.8 Å². The maximum absolute atomic E-state index is 13.1. The summed E-state index contributed by atoms with van der Waals surface area (Å²) in [7, 11) is 3.23. The normalized spacial score (nSPS) is 10.9. The van der Waals surface area contributed by atoms with Crippen LogP contribution in [0.25, 0.3) is 22.2 Å². The van der Waals surface area contributed by atoms with E-state index in [2.05, 4.69) is 12.2 Å². The molecule has 5 nitrogen and oxygen atoms in total. The second-order valence-electron chi connectivity index (χ2n) is 9.08. The molecule has 1 amide bonds. The Kier molecular flexibility index (Phi) is 10.9. The summed E-state index contributed by atoms with van der Waals surface area (Å²) in [5.41, 5.74) is 3.04. The molecule has 35 heavy (non-hydrogen) atoms. The number of hydrogen-bond donors (Lipinski definition) is 1. The molecule has 0 unspecified atom stereocenters. The second kappa shape index (κ2) is 14.3. The summed E-state index contributed by atoms with van der Waals surface area (Å²) < 4.78 is 10.8. The number of hydrogen-bond acceptors (Lipinski definition) is 4. The molecule has 0 aliphatic carbocycles. The molecule has 0 saturated heterocycles. The molecule has 0 saturated carbocycles. The van der Waals surface area contributed by atoms with Crippen LogP contribution in [0, 0.1) is 0 Å². The number of ether oxygens (including phenoxy) is 2. The first kappa shape index (κ1) is 26.5. The van der Waals surface area contributed by atoms with E-state index in [1.165, 1.54) is 51.4 Å². The zero-order valence-corrected chi connectivity index (χ0v) is 21.6. The lowest BCUT2D eigenvalue weighted by molar-refractivity contribution is 0.0954. The number of nitrogens with zero attached hydrogens (tertiary/aromatic N) is 1. The van der Waals surface area contributed by atoms with Crippen LogP contribution in [0.3, 0.4) is 0 Å². The van der Waals surface area contributed by atoms with E-state index in [0.29, 0.717) is 23.6 Å². The number of pyridine rings is 1. The molecule has 3 aromatic rings. The van der Waals surface area contributed by atoms with Crippen LogP contribution in [0.1, 0.15) is 81.5 Å². The van der Waals surface area contributed by atoms with Gasteiger partial charge in [-0.3, -0.25) is 4.79 Å². The average molecular weight is 477 g/mol. The Morgan fingerprint density at radius 1 is 0.800 bits per heavy atom. The van der Waals surface area contributed by atoms with Gasteiger partial charge < -0.3 is 14.8 Å². The van der Waals surface area contributed by atoms with Gasteiger partial charge in [0.1, 0.15) is 0 Å². The number of amides is 1. The minimum Gasteiger partial charge on any atom is -0.493 e. The zero-order valence-electron chi connectivity index (χ0n) is 21.6. The molecule has 3 rings (SSSR count). The van der Waals surface area contributed by atoms with E-state index in [-0.39, 0.29) is 5.91 Å². The maximum atomic E-state index is 13.1. The van der Waals surface area contributed by atoms with Gasteiger partial charge in [-0.1, -0.05) is 82.9 Å². The minimum absolute atomic E-state index is 0.0544. The summed E-state index contributed by atoms with van der Waals surface area (Å²) in [5, 5.41) is 3.98. The number of carbonyl (C=O) groups is 1. The van der Waals surface area contributed by atoms with Gasteiger partial charge in [0, 0.05) is 17.5 Å². The Balaban J connectivity index is 1.60. The molecule has 1 aromatic heterocycles. The van der Waals surface area contributed by atoms with Crippen molar-refractivity contribution in [3.63, 3.8) is 0 Å². The summed E-state index contributed by atoms with van der Waals surface area (Å²) >= 11 is 0. The molecular weight excluding hydrogens is 436 g/mol. The number of methoxy groups -OCH3 is 2. The molecular formula is C30H40N2O3. The van der Waals surface area contributed by atoms with Crippen LogP contribution < -0.4 is 14.8 Å². The summed E-state index contributed by atoms with van der Waals surface area (Å²) in [5.74, 6) is 1.24. The minimum atomic E-state index is -0.0544. The molecule has 5 heteroatoms. The largest absolute Gasteiger partial charge is 0.493 e. The predicted octanol–water partition coefficient (Wildman–Crippen LogP) is 7.57. The van der Waals surface area contributed by atoms with Gasteiger partial charge in [-0.15, -0.1) is 0 Å². The molecule has 0 radical (unpaired) electrons. The van der Waals surface area contributed by atoms with Crippen molar-refractivity contribution in [2.24, 2.45) is 0 Å². The van der Waals surface area contributed by atoms with Crippen LogP contribution in [0.4, 0.5) is 0 Å². The lowest BCUT2D eigenvalue weighted by atomic mass is 10.0. The SMILES string of the molecule is CCCCCCCCCCCCNC(=O)c1cc(-c2ccc(OC)c(OC)c2)nc2ccccc12. The van der Waals surface area contributed by atoms with Gasteiger partial charge in [0.2, 0.25) is 0 Å². The number of para-hydroxylation sites is 1. The van der Waals surface area contributed by atoms with Gasteiger partial charge >= 0.3 is 0 Å². The molecule has 0 bridgehead atoms. The third kappa shape index (κ3) is 7.71. The van der Waals surface area contributed by atoms with Crippen molar-refractivity contribution in [3.8, 4) is 22.8 Å².